The highest BCUT2D eigenvalue weighted by atomic mass is 16.5. The lowest BCUT2D eigenvalue weighted by Crippen LogP contribution is -2.30. The summed E-state index contributed by atoms with van der Waals surface area (Å²) in [5.74, 6) is -1.18. The number of hydrogen-bond donors (Lipinski definition) is 0. The summed E-state index contributed by atoms with van der Waals surface area (Å²) in [5.41, 5.74) is 1.90. The molecule has 0 radical (unpaired) electrons. The van der Waals surface area contributed by atoms with Gasteiger partial charge in [-0.15, -0.1) is 0 Å². The Labute approximate surface area is 222 Å². The fraction of sp³-hybridized carbons (Fsp3) is 0.333. The molecule has 8 nitrogen and oxygen atoms in total. The lowest BCUT2D eigenvalue weighted by atomic mass is 9.82. The number of carbonyl (C=O) groups excluding carboxylic acids is 4. The second kappa shape index (κ2) is 14.5. The van der Waals surface area contributed by atoms with E-state index >= 15 is 0 Å². The minimum Gasteiger partial charge on any atom is -0.462 e. The van der Waals surface area contributed by atoms with Gasteiger partial charge in [-0.25, -0.2) is 9.59 Å². The van der Waals surface area contributed by atoms with Crippen molar-refractivity contribution in [3.8, 4) is 11.5 Å². The van der Waals surface area contributed by atoms with Gasteiger partial charge in [-0.05, 0) is 61.1 Å². The minimum atomic E-state index is -0.463. The third kappa shape index (κ3) is 9.03. The van der Waals surface area contributed by atoms with Crippen LogP contribution in [0.3, 0.4) is 0 Å². The zero-order chi connectivity index (χ0) is 27.3. The molecule has 0 aliphatic heterocycles. The molecule has 0 aromatic heterocycles. The van der Waals surface area contributed by atoms with Crippen molar-refractivity contribution in [3.05, 3.63) is 85.0 Å². The SMILES string of the molecule is C=CC(=O)OCCc1ccc(OC(=O)[C@H]2CC[C@H](C(=O)Oc3ccc(CCOC(=O)C=C)cc3)CC2)cc1. The summed E-state index contributed by atoms with van der Waals surface area (Å²) in [5, 5.41) is 0. The average molecular weight is 521 g/mol. The highest BCUT2D eigenvalue weighted by Crippen LogP contribution is 2.31. The van der Waals surface area contributed by atoms with Gasteiger partial charge in [0.05, 0.1) is 25.0 Å². The first-order valence-electron chi connectivity index (χ1n) is 12.6. The molecular formula is C30H32O8. The second-order valence-corrected chi connectivity index (χ2v) is 8.92. The van der Waals surface area contributed by atoms with Crippen molar-refractivity contribution < 1.29 is 38.1 Å². The van der Waals surface area contributed by atoms with E-state index in [1.165, 1.54) is 0 Å². The number of carbonyl (C=O) groups is 4. The maximum absolute atomic E-state index is 12.6. The van der Waals surface area contributed by atoms with Crippen LogP contribution in [0.2, 0.25) is 0 Å². The number of benzene rings is 2. The number of esters is 4. The number of hydrogen-bond acceptors (Lipinski definition) is 8. The van der Waals surface area contributed by atoms with Crippen LogP contribution in [0, 0.1) is 11.8 Å². The van der Waals surface area contributed by atoms with Crippen molar-refractivity contribution in [2.24, 2.45) is 11.8 Å². The van der Waals surface area contributed by atoms with Gasteiger partial charge in [-0.1, -0.05) is 37.4 Å². The van der Waals surface area contributed by atoms with Gasteiger partial charge in [0, 0.05) is 25.0 Å². The maximum atomic E-state index is 12.6. The van der Waals surface area contributed by atoms with Crippen LogP contribution in [0.4, 0.5) is 0 Å². The molecule has 0 spiro atoms. The molecular weight excluding hydrogens is 488 g/mol. The maximum Gasteiger partial charge on any atom is 0.330 e. The van der Waals surface area contributed by atoms with Gasteiger partial charge < -0.3 is 18.9 Å². The normalized spacial score (nSPS) is 16.5. The highest BCUT2D eigenvalue weighted by Gasteiger charge is 2.32. The summed E-state index contributed by atoms with van der Waals surface area (Å²) in [7, 11) is 0. The van der Waals surface area contributed by atoms with Gasteiger partial charge in [0.1, 0.15) is 11.5 Å². The van der Waals surface area contributed by atoms with Crippen molar-refractivity contribution in [2.45, 2.75) is 38.5 Å². The molecule has 8 heteroatoms. The van der Waals surface area contributed by atoms with Crippen molar-refractivity contribution >= 4 is 23.9 Å². The van der Waals surface area contributed by atoms with Crippen molar-refractivity contribution in [3.63, 3.8) is 0 Å². The first-order valence-corrected chi connectivity index (χ1v) is 12.6. The summed E-state index contributed by atoms with van der Waals surface area (Å²) in [4.78, 5) is 47.4. The predicted octanol–water partition coefficient (Wildman–Crippen LogP) is 4.55. The first kappa shape index (κ1) is 28.4. The Morgan fingerprint density at radius 3 is 1.29 bits per heavy atom. The number of rotatable bonds is 12. The Morgan fingerprint density at radius 2 is 0.974 bits per heavy atom. The molecule has 0 heterocycles. The highest BCUT2D eigenvalue weighted by molar-refractivity contribution is 5.81. The van der Waals surface area contributed by atoms with Crippen LogP contribution in [-0.4, -0.2) is 37.1 Å². The monoisotopic (exact) mass is 520 g/mol. The molecule has 0 unspecified atom stereocenters. The Hall–Kier alpha value is -4.20. The van der Waals surface area contributed by atoms with E-state index in [1.54, 1.807) is 24.3 Å². The van der Waals surface area contributed by atoms with Crippen molar-refractivity contribution in [1.82, 2.24) is 0 Å². The molecule has 200 valence electrons. The lowest BCUT2D eigenvalue weighted by Gasteiger charge is -2.25. The van der Waals surface area contributed by atoms with E-state index in [0.29, 0.717) is 50.0 Å². The van der Waals surface area contributed by atoms with E-state index in [2.05, 4.69) is 13.2 Å². The van der Waals surface area contributed by atoms with Gasteiger partial charge in [0.25, 0.3) is 0 Å². The molecule has 38 heavy (non-hydrogen) atoms. The summed E-state index contributed by atoms with van der Waals surface area (Å²) in [6.45, 7) is 7.19. The standard InChI is InChI=1S/C30H32O8/c1-3-27(31)35-19-17-21-5-13-25(14-6-21)37-29(33)23-9-11-24(12-10-23)30(34)38-26-15-7-22(8-16-26)18-20-36-28(32)4-2/h3-8,13-16,23-24H,1-2,9-12,17-20H2/t23-,24-. The first-order chi connectivity index (χ1) is 18.4. The van der Waals surface area contributed by atoms with Crippen molar-refractivity contribution in [2.75, 3.05) is 13.2 Å². The van der Waals surface area contributed by atoms with E-state index in [1.807, 2.05) is 24.3 Å². The third-order valence-electron chi connectivity index (χ3n) is 6.28. The van der Waals surface area contributed by atoms with E-state index in [0.717, 1.165) is 23.3 Å². The summed E-state index contributed by atoms with van der Waals surface area (Å²) >= 11 is 0. The topological polar surface area (TPSA) is 105 Å². The van der Waals surface area contributed by atoms with Gasteiger partial charge in [0.2, 0.25) is 0 Å². The van der Waals surface area contributed by atoms with Crippen LogP contribution in [0.5, 0.6) is 11.5 Å². The van der Waals surface area contributed by atoms with Gasteiger partial charge in [0.15, 0.2) is 0 Å². The Kier molecular flexibility index (Phi) is 10.8. The zero-order valence-electron chi connectivity index (χ0n) is 21.3. The fourth-order valence-electron chi connectivity index (χ4n) is 4.07. The summed E-state index contributed by atoms with van der Waals surface area (Å²) < 4.78 is 21.0. The van der Waals surface area contributed by atoms with E-state index in [4.69, 9.17) is 18.9 Å². The molecule has 1 aliphatic carbocycles. The van der Waals surface area contributed by atoms with Gasteiger partial charge in [-0.2, -0.15) is 0 Å². The largest absolute Gasteiger partial charge is 0.462 e. The quantitative estimate of drug-likeness (QED) is 0.228. The van der Waals surface area contributed by atoms with Crippen molar-refractivity contribution in [1.29, 1.82) is 0 Å². The molecule has 0 bridgehead atoms. The zero-order valence-corrected chi connectivity index (χ0v) is 21.3. The molecule has 0 atom stereocenters. The third-order valence-corrected chi connectivity index (χ3v) is 6.28. The second-order valence-electron chi connectivity index (χ2n) is 8.92. The van der Waals surface area contributed by atoms with Crippen LogP contribution in [-0.2, 0) is 41.5 Å². The molecule has 0 N–H and O–H groups in total. The summed E-state index contributed by atoms with van der Waals surface area (Å²) in [6, 6.07) is 14.1. The van der Waals surface area contributed by atoms with Crippen LogP contribution in [0.15, 0.2) is 73.8 Å². The summed E-state index contributed by atoms with van der Waals surface area (Å²) in [6.07, 6.45) is 5.53. The smallest absolute Gasteiger partial charge is 0.330 e. The van der Waals surface area contributed by atoms with Crippen LogP contribution in [0.25, 0.3) is 0 Å². The fourth-order valence-corrected chi connectivity index (χ4v) is 4.07. The van der Waals surface area contributed by atoms with E-state index < -0.39 is 11.9 Å². The Morgan fingerprint density at radius 1 is 0.632 bits per heavy atom. The molecule has 1 saturated carbocycles. The predicted molar refractivity (Wildman–Crippen MR) is 139 cm³/mol. The van der Waals surface area contributed by atoms with E-state index in [-0.39, 0.29) is 37.0 Å². The van der Waals surface area contributed by atoms with Gasteiger partial charge in [-0.3, -0.25) is 9.59 Å². The molecule has 0 saturated heterocycles. The minimum absolute atomic E-state index is 0.246. The van der Waals surface area contributed by atoms with Crippen LogP contribution >= 0.6 is 0 Å². The van der Waals surface area contributed by atoms with E-state index in [9.17, 15) is 19.2 Å². The van der Waals surface area contributed by atoms with Gasteiger partial charge >= 0.3 is 23.9 Å². The lowest BCUT2D eigenvalue weighted by molar-refractivity contribution is -0.145. The Bertz CT molecular complexity index is 1030. The molecule has 2 aromatic rings. The molecule has 1 aliphatic rings. The number of ether oxygens (including phenoxy) is 4. The molecule has 0 amide bonds. The Balaban J connectivity index is 1.38. The molecule has 2 aromatic carbocycles. The molecule has 3 rings (SSSR count). The van der Waals surface area contributed by atoms with Crippen LogP contribution in [0.1, 0.15) is 36.8 Å². The molecule has 1 fully saturated rings. The van der Waals surface area contributed by atoms with Crippen LogP contribution < -0.4 is 9.47 Å². The average Bonchev–Trinajstić information content (AvgIpc) is 2.94.